The molecule has 1 atom stereocenters. The molecule has 0 aliphatic heterocycles. The Morgan fingerprint density at radius 3 is 2.28 bits per heavy atom. The van der Waals surface area contributed by atoms with Crippen molar-refractivity contribution in [1.82, 2.24) is 5.32 Å². The largest absolute Gasteiger partial charge is 0.320 e. The second-order valence-corrected chi connectivity index (χ2v) is 5.13. The van der Waals surface area contributed by atoms with Gasteiger partial charge in [0.15, 0.2) is 11.6 Å². The molecule has 0 fully saturated rings. The van der Waals surface area contributed by atoms with E-state index in [1.807, 2.05) is 7.05 Å². The molecule has 0 spiro atoms. The van der Waals surface area contributed by atoms with E-state index in [0.29, 0.717) is 12.3 Å². The van der Waals surface area contributed by atoms with Gasteiger partial charge in [-0.3, -0.25) is 9.59 Å². The molecule has 0 aromatic rings. The number of hydrogen-bond donors (Lipinski definition) is 1. The number of rotatable bonds is 12. The van der Waals surface area contributed by atoms with Crippen LogP contribution in [0.2, 0.25) is 0 Å². The molecule has 0 aliphatic carbocycles. The normalized spacial score (nSPS) is 12.4. The smallest absolute Gasteiger partial charge is 0.198 e. The van der Waals surface area contributed by atoms with E-state index in [1.54, 1.807) is 0 Å². The summed E-state index contributed by atoms with van der Waals surface area (Å²) >= 11 is 0. The van der Waals surface area contributed by atoms with Gasteiger partial charge in [-0.2, -0.15) is 0 Å². The zero-order valence-corrected chi connectivity index (χ0v) is 12.3. The predicted octanol–water partition coefficient (Wildman–Crippen LogP) is 3.12. The van der Waals surface area contributed by atoms with Crippen LogP contribution in [0.3, 0.4) is 0 Å². The van der Waals surface area contributed by atoms with E-state index in [-0.39, 0.29) is 11.6 Å². The molecule has 0 aromatic carbocycles. The third kappa shape index (κ3) is 9.34. The Morgan fingerprint density at radius 1 is 1.06 bits per heavy atom. The van der Waals surface area contributed by atoms with Gasteiger partial charge in [0.2, 0.25) is 0 Å². The molecular formula is C15H29NO2. The highest BCUT2D eigenvalue weighted by Gasteiger charge is 2.11. The van der Waals surface area contributed by atoms with Crippen LogP contribution >= 0.6 is 0 Å². The number of nitrogens with one attached hydrogen (secondary N) is 1. The number of Topliss-reactive ketones (excluding diaryl/α,β-unsaturated/α-hetero) is 2. The first-order valence-corrected chi connectivity index (χ1v) is 7.30. The molecule has 0 bridgehead atoms. The zero-order chi connectivity index (χ0) is 13.8. The van der Waals surface area contributed by atoms with Crippen LogP contribution in [0.25, 0.3) is 0 Å². The molecule has 0 aromatic heterocycles. The standard InChI is InChI=1S/C15H29NO2/c1-4-5-6-8-14(11-12-16-3)9-7-10-15(18)13(2)17/h14,16H,4-12H2,1-3H3. The summed E-state index contributed by atoms with van der Waals surface area (Å²) in [6.07, 6.45) is 8.62. The van der Waals surface area contributed by atoms with Crippen LogP contribution in [0.5, 0.6) is 0 Å². The molecule has 0 amide bonds. The maximum absolute atomic E-state index is 11.2. The lowest BCUT2D eigenvalue weighted by Gasteiger charge is -2.16. The molecule has 0 saturated heterocycles. The molecular weight excluding hydrogens is 226 g/mol. The molecule has 106 valence electrons. The number of ketones is 2. The molecule has 0 radical (unpaired) electrons. The van der Waals surface area contributed by atoms with E-state index in [9.17, 15) is 9.59 Å². The van der Waals surface area contributed by atoms with Crippen molar-refractivity contribution in [2.24, 2.45) is 5.92 Å². The van der Waals surface area contributed by atoms with E-state index < -0.39 is 0 Å². The summed E-state index contributed by atoms with van der Waals surface area (Å²) in [4.78, 5) is 22.1. The Labute approximate surface area is 112 Å². The lowest BCUT2D eigenvalue weighted by molar-refractivity contribution is -0.135. The van der Waals surface area contributed by atoms with E-state index >= 15 is 0 Å². The van der Waals surface area contributed by atoms with E-state index in [0.717, 1.165) is 19.4 Å². The third-order valence-electron chi connectivity index (χ3n) is 3.43. The summed E-state index contributed by atoms with van der Waals surface area (Å²) in [7, 11) is 1.97. The second-order valence-electron chi connectivity index (χ2n) is 5.13. The monoisotopic (exact) mass is 255 g/mol. The van der Waals surface area contributed by atoms with Crippen molar-refractivity contribution in [3.05, 3.63) is 0 Å². The molecule has 0 heterocycles. The van der Waals surface area contributed by atoms with Gasteiger partial charge in [-0.1, -0.05) is 32.6 Å². The van der Waals surface area contributed by atoms with Crippen LogP contribution in [0, 0.1) is 5.92 Å². The van der Waals surface area contributed by atoms with Crippen molar-refractivity contribution >= 4 is 11.6 Å². The summed E-state index contributed by atoms with van der Waals surface area (Å²) < 4.78 is 0. The van der Waals surface area contributed by atoms with Crippen LogP contribution in [-0.4, -0.2) is 25.2 Å². The van der Waals surface area contributed by atoms with Crippen molar-refractivity contribution in [2.45, 2.75) is 65.2 Å². The van der Waals surface area contributed by atoms with Gasteiger partial charge in [0.05, 0.1) is 0 Å². The summed E-state index contributed by atoms with van der Waals surface area (Å²) in [5, 5.41) is 3.18. The van der Waals surface area contributed by atoms with Gasteiger partial charge in [0.1, 0.15) is 0 Å². The van der Waals surface area contributed by atoms with Crippen molar-refractivity contribution in [1.29, 1.82) is 0 Å². The molecule has 3 heteroatoms. The average molecular weight is 255 g/mol. The Bertz CT molecular complexity index is 239. The lowest BCUT2D eigenvalue weighted by atomic mass is 9.92. The van der Waals surface area contributed by atoms with Gasteiger partial charge in [0, 0.05) is 13.3 Å². The first-order chi connectivity index (χ1) is 8.61. The minimum atomic E-state index is -0.298. The minimum Gasteiger partial charge on any atom is -0.320 e. The first-order valence-electron chi connectivity index (χ1n) is 7.30. The van der Waals surface area contributed by atoms with Crippen LogP contribution in [0.15, 0.2) is 0 Å². The SMILES string of the molecule is CCCCCC(CCCC(=O)C(C)=O)CCNC. The second kappa shape index (κ2) is 11.4. The van der Waals surface area contributed by atoms with Gasteiger partial charge in [-0.05, 0) is 38.8 Å². The number of carbonyl (C=O) groups is 2. The van der Waals surface area contributed by atoms with Crippen LogP contribution in [0.4, 0.5) is 0 Å². The Hall–Kier alpha value is -0.700. The predicted molar refractivity (Wildman–Crippen MR) is 75.7 cm³/mol. The number of hydrogen-bond acceptors (Lipinski definition) is 3. The summed E-state index contributed by atoms with van der Waals surface area (Å²) in [5.74, 6) is 0.187. The van der Waals surface area contributed by atoms with Gasteiger partial charge in [-0.15, -0.1) is 0 Å². The van der Waals surface area contributed by atoms with Gasteiger partial charge in [-0.25, -0.2) is 0 Å². The lowest BCUT2D eigenvalue weighted by Crippen LogP contribution is -2.14. The summed E-state index contributed by atoms with van der Waals surface area (Å²) in [5.41, 5.74) is 0. The Morgan fingerprint density at radius 2 is 1.72 bits per heavy atom. The van der Waals surface area contributed by atoms with Gasteiger partial charge in [0.25, 0.3) is 0 Å². The fraction of sp³-hybridized carbons (Fsp3) is 0.867. The number of carbonyl (C=O) groups excluding carboxylic acids is 2. The van der Waals surface area contributed by atoms with E-state index in [4.69, 9.17) is 0 Å². The van der Waals surface area contributed by atoms with Crippen molar-refractivity contribution < 1.29 is 9.59 Å². The molecule has 1 N–H and O–H groups in total. The highest BCUT2D eigenvalue weighted by molar-refractivity contribution is 6.36. The molecule has 18 heavy (non-hydrogen) atoms. The van der Waals surface area contributed by atoms with Gasteiger partial charge >= 0.3 is 0 Å². The van der Waals surface area contributed by atoms with Crippen LogP contribution in [-0.2, 0) is 9.59 Å². The Kier molecular flexibility index (Phi) is 11.0. The van der Waals surface area contributed by atoms with Crippen LogP contribution < -0.4 is 5.32 Å². The number of unbranched alkanes of at least 4 members (excludes halogenated alkanes) is 2. The van der Waals surface area contributed by atoms with E-state index in [2.05, 4.69) is 12.2 Å². The van der Waals surface area contributed by atoms with Crippen molar-refractivity contribution in [3.8, 4) is 0 Å². The molecule has 3 nitrogen and oxygen atoms in total. The maximum atomic E-state index is 11.2. The minimum absolute atomic E-state index is 0.212. The van der Waals surface area contributed by atoms with Gasteiger partial charge < -0.3 is 5.32 Å². The summed E-state index contributed by atoms with van der Waals surface area (Å²) in [6, 6.07) is 0. The molecule has 0 aliphatic rings. The summed E-state index contributed by atoms with van der Waals surface area (Å²) in [6.45, 7) is 4.62. The molecule has 0 rings (SSSR count). The fourth-order valence-electron chi connectivity index (χ4n) is 2.19. The quantitative estimate of drug-likeness (QED) is 0.430. The highest BCUT2D eigenvalue weighted by atomic mass is 16.2. The topological polar surface area (TPSA) is 46.2 Å². The Balaban J connectivity index is 3.84. The van der Waals surface area contributed by atoms with Crippen molar-refractivity contribution in [2.75, 3.05) is 13.6 Å². The first kappa shape index (κ1) is 17.3. The fourth-order valence-corrected chi connectivity index (χ4v) is 2.19. The third-order valence-corrected chi connectivity index (χ3v) is 3.43. The zero-order valence-electron chi connectivity index (χ0n) is 12.3. The maximum Gasteiger partial charge on any atom is 0.198 e. The average Bonchev–Trinajstić information content (AvgIpc) is 2.35. The molecule has 0 saturated carbocycles. The van der Waals surface area contributed by atoms with Crippen molar-refractivity contribution in [3.63, 3.8) is 0 Å². The molecule has 1 unspecified atom stereocenters. The highest BCUT2D eigenvalue weighted by Crippen LogP contribution is 2.20. The van der Waals surface area contributed by atoms with Crippen LogP contribution in [0.1, 0.15) is 65.2 Å². The van der Waals surface area contributed by atoms with E-state index in [1.165, 1.54) is 39.0 Å².